The van der Waals surface area contributed by atoms with Crippen molar-refractivity contribution in [2.75, 3.05) is 11.5 Å². The van der Waals surface area contributed by atoms with Gasteiger partial charge in [0.1, 0.15) is 11.7 Å². The third-order valence-corrected chi connectivity index (χ3v) is 3.30. The number of aromatic carboxylic acids is 1. The highest BCUT2D eigenvalue weighted by Crippen LogP contribution is 2.23. The summed E-state index contributed by atoms with van der Waals surface area (Å²) in [6.07, 6.45) is 2.60. The van der Waals surface area contributed by atoms with Gasteiger partial charge in [0, 0.05) is 11.9 Å². The Balaban J connectivity index is 2.15. The number of carbonyl (C=O) groups is 1. The number of hydrogen-bond acceptors (Lipinski definition) is 4. The normalized spacial score (nSPS) is 20.1. The highest BCUT2D eigenvalue weighted by atomic mass is 32.2. The van der Waals surface area contributed by atoms with E-state index in [9.17, 15) is 4.79 Å². The minimum absolute atomic E-state index is 0.1000. The van der Waals surface area contributed by atoms with Crippen molar-refractivity contribution in [3.63, 3.8) is 0 Å². The van der Waals surface area contributed by atoms with Crippen LogP contribution < -0.4 is 4.74 Å². The molecular formula is C10H11NO3S. The van der Waals surface area contributed by atoms with E-state index in [-0.39, 0.29) is 17.5 Å². The maximum Gasteiger partial charge on any atom is 0.341 e. The molecule has 0 aliphatic carbocycles. The number of carboxylic acid groups (broad SMARTS) is 1. The zero-order chi connectivity index (χ0) is 10.7. The number of carboxylic acids is 1. The number of thioether (sulfide) groups is 1. The lowest BCUT2D eigenvalue weighted by molar-refractivity contribution is 0.0688. The summed E-state index contributed by atoms with van der Waals surface area (Å²) in [5.41, 5.74) is 0.134. The highest BCUT2D eigenvalue weighted by Gasteiger charge is 2.20. The molecule has 2 rings (SSSR count). The van der Waals surface area contributed by atoms with Crippen molar-refractivity contribution in [1.29, 1.82) is 0 Å². The molecule has 15 heavy (non-hydrogen) atoms. The van der Waals surface area contributed by atoms with Gasteiger partial charge in [0.25, 0.3) is 0 Å². The standard InChI is InChI=1S/C10H11NO3S/c12-10(13)8-2-1-4-11-9(8)14-7-3-5-15-6-7/h1-2,4,7H,3,5-6H2,(H,12,13). The fourth-order valence-corrected chi connectivity index (χ4v) is 2.51. The maximum absolute atomic E-state index is 10.9. The van der Waals surface area contributed by atoms with Gasteiger partial charge >= 0.3 is 5.97 Å². The van der Waals surface area contributed by atoms with Gasteiger partial charge in [0.15, 0.2) is 0 Å². The van der Waals surface area contributed by atoms with Gasteiger partial charge in [-0.3, -0.25) is 0 Å². The molecule has 1 aromatic heterocycles. The first-order valence-electron chi connectivity index (χ1n) is 4.70. The van der Waals surface area contributed by atoms with E-state index in [0.29, 0.717) is 0 Å². The molecule has 1 unspecified atom stereocenters. The van der Waals surface area contributed by atoms with E-state index in [4.69, 9.17) is 9.84 Å². The van der Waals surface area contributed by atoms with E-state index in [1.54, 1.807) is 12.3 Å². The minimum Gasteiger partial charge on any atom is -0.477 e. The van der Waals surface area contributed by atoms with Crippen LogP contribution in [-0.4, -0.2) is 33.7 Å². The second-order valence-electron chi connectivity index (χ2n) is 3.26. The van der Waals surface area contributed by atoms with Crippen molar-refractivity contribution < 1.29 is 14.6 Å². The van der Waals surface area contributed by atoms with Crippen LogP contribution in [-0.2, 0) is 0 Å². The van der Waals surface area contributed by atoms with Gasteiger partial charge in [0.05, 0.1) is 0 Å². The molecule has 1 aromatic rings. The fourth-order valence-electron chi connectivity index (χ4n) is 1.41. The molecule has 1 N–H and O–H groups in total. The van der Waals surface area contributed by atoms with Crippen LogP contribution in [0.4, 0.5) is 0 Å². The summed E-state index contributed by atoms with van der Waals surface area (Å²) in [6, 6.07) is 3.10. The third-order valence-electron chi connectivity index (χ3n) is 2.17. The summed E-state index contributed by atoms with van der Waals surface area (Å²) in [4.78, 5) is 14.8. The van der Waals surface area contributed by atoms with E-state index >= 15 is 0 Å². The summed E-state index contributed by atoms with van der Waals surface area (Å²) in [5.74, 6) is 1.22. The predicted octanol–water partition coefficient (Wildman–Crippen LogP) is 1.66. The molecule has 1 aliphatic heterocycles. The molecule has 0 aromatic carbocycles. The lowest BCUT2D eigenvalue weighted by Gasteiger charge is -2.12. The molecule has 1 fully saturated rings. The first kappa shape index (κ1) is 10.3. The Morgan fingerprint density at radius 1 is 1.67 bits per heavy atom. The molecule has 0 radical (unpaired) electrons. The second-order valence-corrected chi connectivity index (χ2v) is 4.41. The van der Waals surface area contributed by atoms with Gasteiger partial charge in [-0.2, -0.15) is 11.8 Å². The van der Waals surface area contributed by atoms with Crippen LogP contribution in [0.2, 0.25) is 0 Å². The number of pyridine rings is 1. The number of ether oxygens (including phenoxy) is 1. The van der Waals surface area contributed by atoms with E-state index in [2.05, 4.69) is 4.98 Å². The predicted molar refractivity (Wildman–Crippen MR) is 57.6 cm³/mol. The fraction of sp³-hybridized carbons (Fsp3) is 0.400. The van der Waals surface area contributed by atoms with E-state index in [1.165, 1.54) is 6.07 Å². The van der Waals surface area contributed by atoms with Gasteiger partial charge in [0.2, 0.25) is 5.88 Å². The number of hydrogen-bond donors (Lipinski definition) is 1. The van der Waals surface area contributed by atoms with Crippen LogP contribution in [0, 0.1) is 0 Å². The molecule has 5 heteroatoms. The van der Waals surface area contributed by atoms with Crippen LogP contribution in [0.25, 0.3) is 0 Å². The summed E-state index contributed by atoms with van der Waals surface area (Å²) in [6.45, 7) is 0. The average molecular weight is 225 g/mol. The molecule has 0 bridgehead atoms. The molecule has 0 amide bonds. The summed E-state index contributed by atoms with van der Waals surface area (Å²) in [5, 5.41) is 8.91. The van der Waals surface area contributed by atoms with Crippen molar-refractivity contribution in [1.82, 2.24) is 4.98 Å². The molecule has 0 spiro atoms. The van der Waals surface area contributed by atoms with Crippen molar-refractivity contribution in [2.24, 2.45) is 0 Å². The van der Waals surface area contributed by atoms with Crippen molar-refractivity contribution in [3.8, 4) is 5.88 Å². The Hall–Kier alpha value is -1.23. The van der Waals surface area contributed by atoms with Crippen LogP contribution in [0.1, 0.15) is 16.8 Å². The van der Waals surface area contributed by atoms with Gasteiger partial charge in [-0.25, -0.2) is 9.78 Å². The van der Waals surface area contributed by atoms with Crippen molar-refractivity contribution in [3.05, 3.63) is 23.9 Å². The first-order chi connectivity index (χ1) is 7.27. The first-order valence-corrected chi connectivity index (χ1v) is 5.85. The molecule has 1 saturated heterocycles. The number of aromatic nitrogens is 1. The quantitative estimate of drug-likeness (QED) is 0.847. The van der Waals surface area contributed by atoms with Crippen molar-refractivity contribution >= 4 is 17.7 Å². The third kappa shape index (κ3) is 2.41. The van der Waals surface area contributed by atoms with Crippen molar-refractivity contribution in [2.45, 2.75) is 12.5 Å². The number of nitrogens with zero attached hydrogens (tertiary/aromatic N) is 1. The molecule has 0 saturated carbocycles. The van der Waals surface area contributed by atoms with Gasteiger partial charge in [-0.05, 0) is 24.3 Å². The Morgan fingerprint density at radius 2 is 2.53 bits per heavy atom. The molecule has 2 heterocycles. The zero-order valence-corrected chi connectivity index (χ0v) is 8.87. The lowest BCUT2D eigenvalue weighted by Crippen LogP contribution is -2.17. The molecule has 1 atom stereocenters. The minimum atomic E-state index is -0.997. The topological polar surface area (TPSA) is 59.4 Å². The molecule has 1 aliphatic rings. The maximum atomic E-state index is 10.9. The van der Waals surface area contributed by atoms with Crippen LogP contribution >= 0.6 is 11.8 Å². The molecular weight excluding hydrogens is 214 g/mol. The zero-order valence-electron chi connectivity index (χ0n) is 8.05. The molecule has 80 valence electrons. The Bertz CT molecular complexity index is 363. The van der Waals surface area contributed by atoms with Crippen LogP contribution in [0.5, 0.6) is 5.88 Å². The smallest absolute Gasteiger partial charge is 0.341 e. The van der Waals surface area contributed by atoms with Crippen LogP contribution in [0.3, 0.4) is 0 Å². The Morgan fingerprint density at radius 3 is 3.20 bits per heavy atom. The van der Waals surface area contributed by atoms with E-state index < -0.39 is 5.97 Å². The summed E-state index contributed by atoms with van der Waals surface area (Å²) in [7, 11) is 0. The van der Waals surface area contributed by atoms with Gasteiger partial charge < -0.3 is 9.84 Å². The lowest BCUT2D eigenvalue weighted by atomic mass is 10.2. The van der Waals surface area contributed by atoms with Crippen LogP contribution in [0.15, 0.2) is 18.3 Å². The summed E-state index contributed by atoms with van der Waals surface area (Å²) < 4.78 is 5.55. The van der Waals surface area contributed by atoms with E-state index in [0.717, 1.165) is 17.9 Å². The molecule has 4 nitrogen and oxygen atoms in total. The monoisotopic (exact) mass is 225 g/mol. The second kappa shape index (κ2) is 4.53. The number of rotatable bonds is 3. The largest absolute Gasteiger partial charge is 0.477 e. The van der Waals surface area contributed by atoms with Gasteiger partial charge in [-0.15, -0.1) is 0 Å². The Kier molecular flexibility index (Phi) is 3.11. The average Bonchev–Trinajstić information content (AvgIpc) is 2.71. The summed E-state index contributed by atoms with van der Waals surface area (Å²) >= 11 is 1.82. The van der Waals surface area contributed by atoms with E-state index in [1.807, 2.05) is 11.8 Å². The Labute approximate surface area is 91.7 Å². The highest BCUT2D eigenvalue weighted by molar-refractivity contribution is 7.99. The van der Waals surface area contributed by atoms with Gasteiger partial charge in [-0.1, -0.05) is 0 Å². The SMILES string of the molecule is O=C(O)c1cccnc1OC1CCSC1.